The third kappa shape index (κ3) is 4.41. The molecule has 0 saturated heterocycles. The van der Waals surface area contributed by atoms with Crippen molar-refractivity contribution in [3.63, 3.8) is 0 Å². The zero-order valence-corrected chi connectivity index (χ0v) is 9.50. The van der Waals surface area contributed by atoms with Crippen LogP contribution in [0.2, 0.25) is 0 Å². The molecule has 0 spiro atoms. The minimum Gasteiger partial charge on any atom is -0.377 e. The van der Waals surface area contributed by atoms with Gasteiger partial charge in [-0.2, -0.15) is 5.26 Å². The van der Waals surface area contributed by atoms with Gasteiger partial charge in [0.25, 0.3) is 0 Å². The van der Waals surface area contributed by atoms with E-state index in [-0.39, 0.29) is 5.82 Å². The van der Waals surface area contributed by atoms with Gasteiger partial charge in [-0.15, -0.1) is 0 Å². The Kier molecular flexibility index (Phi) is 5.52. The molecule has 0 aliphatic heterocycles. The third-order valence-corrected chi connectivity index (χ3v) is 2.25. The molecule has 0 aliphatic rings. The van der Waals surface area contributed by atoms with E-state index in [1.807, 2.05) is 6.07 Å². The molecule has 0 aliphatic carbocycles. The average Bonchev–Trinajstić information content (AvgIpc) is 2.28. The molecule has 0 heterocycles. The summed E-state index contributed by atoms with van der Waals surface area (Å²) < 4.78 is 18.4. The summed E-state index contributed by atoms with van der Waals surface area (Å²) >= 11 is 0. The molecule has 0 N–H and O–H groups in total. The molecule has 0 saturated carbocycles. The van der Waals surface area contributed by atoms with Crippen molar-refractivity contribution in [3.8, 4) is 6.07 Å². The smallest absolute Gasteiger partial charge is 0.124 e. The Morgan fingerprint density at radius 1 is 1.31 bits per heavy atom. The van der Waals surface area contributed by atoms with Gasteiger partial charge in [0.05, 0.1) is 18.2 Å². The number of nitrogens with zero attached hydrogens (tertiary/aromatic N) is 1. The second kappa shape index (κ2) is 6.97. The molecule has 0 bridgehead atoms. The molecule has 2 nitrogen and oxygen atoms in total. The second-order valence-electron chi connectivity index (χ2n) is 3.72. The van der Waals surface area contributed by atoms with Crippen LogP contribution in [0.1, 0.15) is 37.3 Å². The minimum absolute atomic E-state index is 0.340. The molecule has 0 unspecified atom stereocenters. The van der Waals surface area contributed by atoms with Crippen LogP contribution in [0.25, 0.3) is 0 Å². The standard InChI is InChI=1S/C13H16FNO/c1-2-3-4-5-16-10-12-6-11(9-15)7-13(14)8-12/h6-8H,2-5,10H2,1H3. The van der Waals surface area contributed by atoms with Gasteiger partial charge < -0.3 is 4.74 Å². The van der Waals surface area contributed by atoms with E-state index in [4.69, 9.17) is 10.00 Å². The van der Waals surface area contributed by atoms with E-state index >= 15 is 0 Å². The lowest BCUT2D eigenvalue weighted by Gasteiger charge is -2.04. The maximum absolute atomic E-state index is 13.0. The van der Waals surface area contributed by atoms with Crippen molar-refractivity contribution < 1.29 is 9.13 Å². The van der Waals surface area contributed by atoms with Crippen LogP contribution in [-0.4, -0.2) is 6.61 Å². The quantitative estimate of drug-likeness (QED) is 0.690. The van der Waals surface area contributed by atoms with Crippen molar-refractivity contribution in [1.82, 2.24) is 0 Å². The van der Waals surface area contributed by atoms with Crippen molar-refractivity contribution in [3.05, 3.63) is 35.1 Å². The molecule has 1 rings (SSSR count). The fourth-order valence-electron chi connectivity index (χ4n) is 1.44. The van der Waals surface area contributed by atoms with Gasteiger partial charge >= 0.3 is 0 Å². The van der Waals surface area contributed by atoms with Crippen molar-refractivity contribution in [1.29, 1.82) is 5.26 Å². The van der Waals surface area contributed by atoms with Crippen LogP contribution in [0.3, 0.4) is 0 Å². The second-order valence-corrected chi connectivity index (χ2v) is 3.72. The van der Waals surface area contributed by atoms with Gasteiger partial charge in [0, 0.05) is 6.61 Å². The van der Waals surface area contributed by atoms with Crippen LogP contribution in [0.4, 0.5) is 4.39 Å². The maximum atomic E-state index is 13.0. The summed E-state index contributed by atoms with van der Waals surface area (Å²) in [6.45, 7) is 3.19. The van der Waals surface area contributed by atoms with Crippen LogP contribution < -0.4 is 0 Å². The first-order valence-electron chi connectivity index (χ1n) is 5.53. The summed E-state index contributed by atoms with van der Waals surface area (Å²) in [5, 5.41) is 8.67. The van der Waals surface area contributed by atoms with Crippen LogP contribution in [0, 0.1) is 17.1 Å². The average molecular weight is 221 g/mol. The van der Waals surface area contributed by atoms with E-state index in [1.54, 1.807) is 6.07 Å². The Labute approximate surface area is 95.7 Å². The van der Waals surface area contributed by atoms with Crippen LogP contribution in [0.5, 0.6) is 0 Å². The monoisotopic (exact) mass is 221 g/mol. The molecule has 0 radical (unpaired) electrons. The molecule has 0 aromatic heterocycles. The van der Waals surface area contributed by atoms with Crippen molar-refractivity contribution in [2.75, 3.05) is 6.61 Å². The first kappa shape index (κ1) is 12.7. The van der Waals surface area contributed by atoms with E-state index in [1.165, 1.54) is 12.1 Å². The first-order chi connectivity index (χ1) is 7.76. The lowest BCUT2D eigenvalue weighted by atomic mass is 10.1. The summed E-state index contributed by atoms with van der Waals surface area (Å²) in [5.74, 6) is -0.383. The Morgan fingerprint density at radius 2 is 2.12 bits per heavy atom. The predicted molar refractivity (Wildman–Crippen MR) is 60.3 cm³/mol. The lowest BCUT2D eigenvalue weighted by Crippen LogP contribution is -1.96. The molecule has 3 heteroatoms. The predicted octanol–water partition coefficient (Wildman–Crippen LogP) is 3.40. The Balaban J connectivity index is 2.42. The highest BCUT2D eigenvalue weighted by atomic mass is 19.1. The number of halogens is 1. The number of nitriles is 1. The largest absolute Gasteiger partial charge is 0.377 e. The molecule has 86 valence electrons. The number of ether oxygens (including phenoxy) is 1. The Morgan fingerprint density at radius 3 is 2.81 bits per heavy atom. The number of hydrogen-bond donors (Lipinski definition) is 0. The fraction of sp³-hybridized carbons (Fsp3) is 0.462. The van der Waals surface area contributed by atoms with E-state index < -0.39 is 0 Å². The van der Waals surface area contributed by atoms with Gasteiger partial charge in [0.2, 0.25) is 0 Å². The summed E-state index contributed by atoms with van der Waals surface area (Å²) in [6.07, 6.45) is 3.32. The molecule has 0 amide bonds. The van der Waals surface area contributed by atoms with Gasteiger partial charge in [0.15, 0.2) is 0 Å². The highest BCUT2D eigenvalue weighted by Crippen LogP contribution is 2.10. The van der Waals surface area contributed by atoms with Gasteiger partial charge in [-0.1, -0.05) is 19.8 Å². The maximum Gasteiger partial charge on any atom is 0.124 e. The third-order valence-electron chi connectivity index (χ3n) is 2.25. The summed E-state index contributed by atoms with van der Waals surface area (Å²) in [6, 6.07) is 6.21. The lowest BCUT2D eigenvalue weighted by molar-refractivity contribution is 0.117. The normalized spacial score (nSPS) is 10.1. The zero-order chi connectivity index (χ0) is 11.8. The Bertz CT molecular complexity index is 371. The summed E-state index contributed by atoms with van der Waals surface area (Å²) in [5.41, 5.74) is 1.06. The molecular formula is C13H16FNO. The zero-order valence-electron chi connectivity index (χ0n) is 9.50. The van der Waals surface area contributed by atoms with E-state index in [9.17, 15) is 4.39 Å². The fourth-order valence-corrected chi connectivity index (χ4v) is 1.44. The molecule has 16 heavy (non-hydrogen) atoms. The van der Waals surface area contributed by atoms with E-state index in [0.29, 0.717) is 24.3 Å². The summed E-state index contributed by atoms with van der Waals surface area (Å²) in [7, 11) is 0. The SMILES string of the molecule is CCCCCOCc1cc(F)cc(C#N)c1. The first-order valence-corrected chi connectivity index (χ1v) is 5.53. The van der Waals surface area contributed by atoms with Crippen LogP contribution >= 0.6 is 0 Å². The van der Waals surface area contributed by atoms with Crippen LogP contribution in [0.15, 0.2) is 18.2 Å². The number of hydrogen-bond acceptors (Lipinski definition) is 2. The van der Waals surface area contributed by atoms with Gasteiger partial charge in [0.1, 0.15) is 5.82 Å². The molecule has 0 fully saturated rings. The number of benzene rings is 1. The highest BCUT2D eigenvalue weighted by molar-refractivity contribution is 5.33. The van der Waals surface area contributed by atoms with Crippen molar-refractivity contribution in [2.45, 2.75) is 32.8 Å². The molecular weight excluding hydrogens is 205 g/mol. The van der Waals surface area contributed by atoms with Gasteiger partial charge in [-0.25, -0.2) is 4.39 Å². The molecule has 0 atom stereocenters. The summed E-state index contributed by atoms with van der Waals surface area (Å²) in [4.78, 5) is 0. The number of rotatable bonds is 6. The van der Waals surface area contributed by atoms with Gasteiger partial charge in [-0.3, -0.25) is 0 Å². The van der Waals surface area contributed by atoms with E-state index in [2.05, 4.69) is 6.92 Å². The number of unbranched alkanes of at least 4 members (excludes halogenated alkanes) is 2. The topological polar surface area (TPSA) is 33.0 Å². The van der Waals surface area contributed by atoms with Crippen molar-refractivity contribution >= 4 is 0 Å². The molecule has 1 aromatic rings. The molecule has 1 aromatic carbocycles. The van der Waals surface area contributed by atoms with Crippen LogP contribution in [-0.2, 0) is 11.3 Å². The van der Waals surface area contributed by atoms with Crippen molar-refractivity contribution in [2.24, 2.45) is 0 Å². The minimum atomic E-state index is -0.383. The highest BCUT2D eigenvalue weighted by Gasteiger charge is 2.00. The Hall–Kier alpha value is -1.40. The van der Waals surface area contributed by atoms with E-state index in [0.717, 1.165) is 19.3 Å². The van der Waals surface area contributed by atoms with Gasteiger partial charge in [-0.05, 0) is 30.2 Å².